The summed E-state index contributed by atoms with van der Waals surface area (Å²) in [6.45, 7) is 0.144. The molecule has 0 spiro atoms. The first kappa shape index (κ1) is 17.1. The Hall–Kier alpha value is -3.74. The third-order valence-electron chi connectivity index (χ3n) is 3.53. The van der Waals surface area contributed by atoms with Crippen LogP contribution in [0, 0.1) is 10.1 Å². The number of nitro groups is 1. The van der Waals surface area contributed by atoms with Gasteiger partial charge in [-0.3, -0.25) is 14.9 Å². The molecule has 0 saturated carbocycles. The van der Waals surface area contributed by atoms with Crippen LogP contribution in [0.3, 0.4) is 0 Å². The lowest BCUT2D eigenvalue weighted by molar-refractivity contribution is -0.384. The average Bonchev–Trinajstić information content (AvgIpc) is 3.15. The highest BCUT2D eigenvalue weighted by molar-refractivity contribution is 5.91. The third-order valence-corrected chi connectivity index (χ3v) is 3.53. The molecule has 0 fully saturated rings. The summed E-state index contributed by atoms with van der Waals surface area (Å²) < 4.78 is 5.60. The number of oxazole rings is 1. The fourth-order valence-electron chi connectivity index (χ4n) is 2.26. The van der Waals surface area contributed by atoms with Gasteiger partial charge in [0.1, 0.15) is 0 Å². The first-order chi connectivity index (χ1) is 12.6. The number of hydrogen-bond donors (Lipinski definition) is 1. The van der Waals surface area contributed by atoms with Gasteiger partial charge in [-0.05, 0) is 11.6 Å². The van der Waals surface area contributed by atoms with Crippen molar-refractivity contribution in [1.82, 2.24) is 10.3 Å². The highest BCUT2D eigenvalue weighted by Gasteiger charge is 2.07. The van der Waals surface area contributed by atoms with Crippen molar-refractivity contribution in [2.45, 2.75) is 6.54 Å². The molecule has 2 aromatic carbocycles. The standard InChI is InChI=1S/C19H15N3O4/c23-18(10-9-14-5-4-8-16(11-14)22(24)25)20-13-19-21-12-17(26-19)15-6-2-1-3-7-15/h1-12H,13H2,(H,20,23). The van der Waals surface area contributed by atoms with Crippen LogP contribution in [0.25, 0.3) is 17.4 Å². The number of rotatable bonds is 6. The summed E-state index contributed by atoms with van der Waals surface area (Å²) in [5.41, 5.74) is 1.45. The molecule has 1 aromatic heterocycles. The first-order valence-electron chi connectivity index (χ1n) is 7.82. The van der Waals surface area contributed by atoms with Gasteiger partial charge in [0.05, 0.1) is 17.7 Å². The van der Waals surface area contributed by atoms with Crippen LogP contribution in [0.15, 0.2) is 71.3 Å². The molecule has 3 rings (SSSR count). The van der Waals surface area contributed by atoms with Crippen LogP contribution in [0.5, 0.6) is 0 Å². The van der Waals surface area contributed by atoms with Gasteiger partial charge in [0.15, 0.2) is 5.76 Å². The molecule has 3 aromatic rings. The second kappa shape index (κ2) is 7.89. The number of nitro benzene ring substituents is 1. The maximum absolute atomic E-state index is 11.9. The lowest BCUT2D eigenvalue weighted by Crippen LogP contribution is -2.20. The number of hydrogen-bond acceptors (Lipinski definition) is 5. The lowest BCUT2D eigenvalue weighted by atomic mass is 10.2. The summed E-state index contributed by atoms with van der Waals surface area (Å²) in [4.78, 5) is 26.3. The molecule has 0 radical (unpaired) electrons. The van der Waals surface area contributed by atoms with Gasteiger partial charge >= 0.3 is 0 Å². The van der Waals surface area contributed by atoms with E-state index in [1.807, 2.05) is 30.3 Å². The summed E-state index contributed by atoms with van der Waals surface area (Å²) in [5.74, 6) is 0.666. The minimum Gasteiger partial charge on any atom is -0.439 e. The molecule has 0 saturated heterocycles. The van der Waals surface area contributed by atoms with Gasteiger partial charge < -0.3 is 9.73 Å². The van der Waals surface area contributed by atoms with Crippen molar-refractivity contribution in [2.75, 3.05) is 0 Å². The lowest BCUT2D eigenvalue weighted by Gasteiger charge is -1.99. The Bertz CT molecular complexity index is 948. The molecular weight excluding hydrogens is 334 g/mol. The Kier molecular flexibility index (Phi) is 5.19. The van der Waals surface area contributed by atoms with E-state index in [2.05, 4.69) is 10.3 Å². The summed E-state index contributed by atoms with van der Waals surface area (Å²) in [6.07, 6.45) is 4.42. The number of carbonyl (C=O) groups excluding carboxylic acids is 1. The summed E-state index contributed by atoms with van der Waals surface area (Å²) in [6, 6.07) is 15.6. The second-order valence-corrected chi connectivity index (χ2v) is 5.39. The van der Waals surface area contributed by atoms with Gasteiger partial charge in [-0.25, -0.2) is 4.98 Å². The number of nitrogens with one attached hydrogen (secondary N) is 1. The minimum atomic E-state index is -0.482. The van der Waals surface area contributed by atoms with Crippen molar-refractivity contribution in [1.29, 1.82) is 0 Å². The molecule has 0 bridgehead atoms. The second-order valence-electron chi connectivity index (χ2n) is 5.39. The normalized spacial score (nSPS) is 10.8. The smallest absolute Gasteiger partial charge is 0.270 e. The number of carbonyl (C=O) groups is 1. The number of amides is 1. The Morgan fingerprint density at radius 2 is 2.00 bits per heavy atom. The van der Waals surface area contributed by atoms with E-state index in [9.17, 15) is 14.9 Å². The monoisotopic (exact) mass is 349 g/mol. The van der Waals surface area contributed by atoms with E-state index in [4.69, 9.17) is 4.42 Å². The van der Waals surface area contributed by atoms with Crippen LogP contribution in [0.2, 0.25) is 0 Å². The van der Waals surface area contributed by atoms with E-state index >= 15 is 0 Å². The number of non-ortho nitro benzene ring substituents is 1. The van der Waals surface area contributed by atoms with E-state index in [0.717, 1.165) is 5.56 Å². The maximum atomic E-state index is 11.9. The Balaban J connectivity index is 1.57. The van der Waals surface area contributed by atoms with E-state index in [1.54, 1.807) is 18.3 Å². The van der Waals surface area contributed by atoms with E-state index in [1.165, 1.54) is 24.3 Å². The Morgan fingerprint density at radius 1 is 1.19 bits per heavy atom. The van der Waals surface area contributed by atoms with Crippen LogP contribution in [0.1, 0.15) is 11.5 Å². The van der Waals surface area contributed by atoms with Gasteiger partial charge in [0.25, 0.3) is 5.69 Å². The van der Waals surface area contributed by atoms with E-state index < -0.39 is 4.92 Å². The molecule has 1 N–H and O–H groups in total. The van der Waals surface area contributed by atoms with Crippen molar-refractivity contribution in [3.8, 4) is 11.3 Å². The maximum Gasteiger partial charge on any atom is 0.270 e. The van der Waals surface area contributed by atoms with Gasteiger partial charge in [0.2, 0.25) is 11.8 Å². The fraction of sp³-hybridized carbons (Fsp3) is 0.0526. The van der Waals surface area contributed by atoms with Gasteiger partial charge in [-0.1, -0.05) is 42.5 Å². The predicted octanol–water partition coefficient (Wildman–Crippen LogP) is 3.58. The molecule has 0 aliphatic rings. The first-order valence-corrected chi connectivity index (χ1v) is 7.82. The minimum absolute atomic E-state index is 0.0271. The molecule has 1 heterocycles. The van der Waals surface area contributed by atoms with Gasteiger partial charge in [-0.2, -0.15) is 0 Å². The number of nitrogens with zero attached hydrogens (tertiary/aromatic N) is 2. The fourth-order valence-corrected chi connectivity index (χ4v) is 2.26. The number of aromatic nitrogens is 1. The zero-order valence-electron chi connectivity index (χ0n) is 13.7. The van der Waals surface area contributed by atoms with Crippen LogP contribution in [-0.4, -0.2) is 15.8 Å². The Morgan fingerprint density at radius 3 is 2.77 bits per heavy atom. The SMILES string of the molecule is O=C(C=Cc1cccc([N+](=O)[O-])c1)NCc1ncc(-c2ccccc2)o1. The van der Waals surface area contributed by atoms with Crippen molar-refractivity contribution in [3.63, 3.8) is 0 Å². The topological polar surface area (TPSA) is 98.3 Å². The highest BCUT2D eigenvalue weighted by Crippen LogP contribution is 2.19. The molecule has 0 unspecified atom stereocenters. The number of benzene rings is 2. The van der Waals surface area contributed by atoms with Crippen LogP contribution >= 0.6 is 0 Å². The van der Waals surface area contributed by atoms with Crippen molar-refractivity contribution < 1.29 is 14.1 Å². The molecular formula is C19H15N3O4. The molecule has 26 heavy (non-hydrogen) atoms. The summed E-state index contributed by atoms with van der Waals surface area (Å²) in [7, 11) is 0. The quantitative estimate of drug-likeness (QED) is 0.417. The molecule has 7 nitrogen and oxygen atoms in total. The zero-order chi connectivity index (χ0) is 18.4. The van der Waals surface area contributed by atoms with Crippen LogP contribution in [0.4, 0.5) is 5.69 Å². The van der Waals surface area contributed by atoms with Gasteiger partial charge in [0, 0.05) is 23.8 Å². The van der Waals surface area contributed by atoms with Crippen molar-refractivity contribution in [2.24, 2.45) is 0 Å². The molecule has 0 aliphatic carbocycles. The average molecular weight is 349 g/mol. The van der Waals surface area contributed by atoms with Gasteiger partial charge in [-0.15, -0.1) is 0 Å². The molecule has 1 amide bonds. The van der Waals surface area contributed by atoms with Crippen molar-refractivity contribution >= 4 is 17.7 Å². The van der Waals surface area contributed by atoms with Crippen LogP contribution in [-0.2, 0) is 11.3 Å². The summed E-state index contributed by atoms with van der Waals surface area (Å²) in [5, 5.41) is 13.4. The zero-order valence-corrected chi connectivity index (χ0v) is 13.7. The molecule has 0 atom stereocenters. The van der Waals surface area contributed by atoms with Crippen molar-refractivity contribution in [3.05, 3.63) is 88.4 Å². The summed E-state index contributed by atoms with van der Waals surface area (Å²) >= 11 is 0. The predicted molar refractivity (Wildman–Crippen MR) is 95.9 cm³/mol. The molecule has 7 heteroatoms. The molecule has 130 valence electrons. The largest absolute Gasteiger partial charge is 0.439 e. The van der Waals surface area contributed by atoms with Crippen LogP contribution < -0.4 is 5.32 Å². The van der Waals surface area contributed by atoms with E-state index in [-0.39, 0.29) is 18.1 Å². The van der Waals surface area contributed by atoms with E-state index in [0.29, 0.717) is 17.2 Å². The Labute approximate surface area is 149 Å². The molecule has 0 aliphatic heterocycles. The highest BCUT2D eigenvalue weighted by atomic mass is 16.6. The third kappa shape index (κ3) is 4.41.